The van der Waals surface area contributed by atoms with Gasteiger partial charge in [-0.1, -0.05) is 12.1 Å². The van der Waals surface area contributed by atoms with E-state index in [0.29, 0.717) is 21.7 Å². The van der Waals surface area contributed by atoms with E-state index in [1.54, 1.807) is 18.2 Å². The summed E-state index contributed by atoms with van der Waals surface area (Å²) in [5.74, 6) is 0.820. The molecule has 0 atom stereocenters. The standard InChI is InChI=1S/C13H11BrFNO/c1-8-3-2-4-12(16)13(8)17-9-5-6-11(15)10(14)7-9/h2-7H,16H2,1H3. The van der Waals surface area contributed by atoms with Crippen LogP contribution in [0.4, 0.5) is 10.1 Å². The minimum Gasteiger partial charge on any atom is -0.455 e. The average molecular weight is 296 g/mol. The van der Waals surface area contributed by atoms with Gasteiger partial charge in [0.05, 0.1) is 10.2 Å². The lowest BCUT2D eigenvalue weighted by Gasteiger charge is -2.11. The van der Waals surface area contributed by atoms with Crippen LogP contribution in [0.2, 0.25) is 0 Å². The van der Waals surface area contributed by atoms with E-state index in [4.69, 9.17) is 10.5 Å². The maximum Gasteiger partial charge on any atom is 0.153 e. The molecule has 0 heterocycles. The molecule has 0 unspecified atom stereocenters. The summed E-state index contributed by atoms with van der Waals surface area (Å²) in [4.78, 5) is 0. The maximum atomic E-state index is 13.1. The van der Waals surface area contributed by atoms with Crippen molar-refractivity contribution in [2.45, 2.75) is 6.92 Å². The first-order valence-corrected chi connectivity index (χ1v) is 5.85. The van der Waals surface area contributed by atoms with Gasteiger partial charge in [-0.25, -0.2) is 4.39 Å². The number of para-hydroxylation sites is 1. The molecule has 4 heteroatoms. The zero-order valence-corrected chi connectivity index (χ0v) is 10.8. The molecular weight excluding hydrogens is 285 g/mol. The van der Waals surface area contributed by atoms with Crippen molar-refractivity contribution in [1.82, 2.24) is 0 Å². The number of halogens is 2. The molecule has 0 radical (unpaired) electrons. The Labute approximate surface area is 107 Å². The third-order valence-corrected chi connectivity index (χ3v) is 2.96. The minimum atomic E-state index is -0.324. The molecule has 2 aromatic carbocycles. The monoisotopic (exact) mass is 295 g/mol. The van der Waals surface area contributed by atoms with E-state index in [-0.39, 0.29) is 5.82 Å². The molecule has 0 aromatic heterocycles. The van der Waals surface area contributed by atoms with Crippen LogP contribution in [0.15, 0.2) is 40.9 Å². The fraction of sp³-hybridized carbons (Fsp3) is 0.0769. The summed E-state index contributed by atoms with van der Waals surface area (Å²) in [5.41, 5.74) is 7.32. The van der Waals surface area contributed by atoms with E-state index >= 15 is 0 Å². The molecule has 2 rings (SSSR count). The van der Waals surface area contributed by atoms with Crippen molar-refractivity contribution >= 4 is 21.6 Å². The Kier molecular flexibility index (Phi) is 3.33. The van der Waals surface area contributed by atoms with Crippen molar-refractivity contribution in [2.24, 2.45) is 0 Å². The summed E-state index contributed by atoms with van der Waals surface area (Å²) < 4.78 is 19.1. The van der Waals surface area contributed by atoms with Gasteiger partial charge >= 0.3 is 0 Å². The summed E-state index contributed by atoms with van der Waals surface area (Å²) in [5, 5.41) is 0. The molecule has 0 saturated heterocycles. The molecule has 2 aromatic rings. The van der Waals surface area contributed by atoms with Gasteiger partial charge in [0.2, 0.25) is 0 Å². The number of anilines is 1. The number of ether oxygens (including phenoxy) is 1. The molecule has 88 valence electrons. The molecule has 0 aliphatic heterocycles. The van der Waals surface area contributed by atoms with Crippen molar-refractivity contribution in [3.8, 4) is 11.5 Å². The van der Waals surface area contributed by atoms with Crippen molar-refractivity contribution in [3.05, 3.63) is 52.3 Å². The second-order valence-corrected chi connectivity index (χ2v) is 4.53. The smallest absolute Gasteiger partial charge is 0.153 e. The molecule has 17 heavy (non-hydrogen) atoms. The van der Waals surface area contributed by atoms with E-state index in [9.17, 15) is 4.39 Å². The molecule has 0 aliphatic carbocycles. The van der Waals surface area contributed by atoms with E-state index in [1.807, 2.05) is 19.1 Å². The predicted molar refractivity (Wildman–Crippen MR) is 69.8 cm³/mol. The fourth-order valence-corrected chi connectivity index (χ4v) is 1.83. The van der Waals surface area contributed by atoms with Crippen LogP contribution in [0.1, 0.15) is 5.56 Å². The number of nitrogen functional groups attached to an aromatic ring is 1. The van der Waals surface area contributed by atoms with Crippen LogP contribution >= 0.6 is 15.9 Å². The molecule has 0 saturated carbocycles. The SMILES string of the molecule is Cc1cccc(N)c1Oc1ccc(F)c(Br)c1. The largest absolute Gasteiger partial charge is 0.455 e. The third kappa shape index (κ3) is 2.58. The molecule has 0 bridgehead atoms. The zero-order valence-electron chi connectivity index (χ0n) is 9.21. The molecule has 0 spiro atoms. The lowest BCUT2D eigenvalue weighted by atomic mass is 10.2. The number of nitrogens with two attached hydrogens (primary N) is 1. The molecule has 2 N–H and O–H groups in total. The van der Waals surface area contributed by atoms with Gasteiger partial charge in [-0.15, -0.1) is 0 Å². The number of hydrogen-bond donors (Lipinski definition) is 1. The van der Waals surface area contributed by atoms with Crippen molar-refractivity contribution in [3.63, 3.8) is 0 Å². The molecule has 0 aliphatic rings. The highest BCUT2D eigenvalue weighted by atomic mass is 79.9. The highest BCUT2D eigenvalue weighted by Gasteiger charge is 2.07. The van der Waals surface area contributed by atoms with Gasteiger partial charge in [-0.2, -0.15) is 0 Å². The Morgan fingerprint density at radius 3 is 2.65 bits per heavy atom. The summed E-state index contributed by atoms with van der Waals surface area (Å²) in [6.45, 7) is 1.91. The summed E-state index contributed by atoms with van der Waals surface area (Å²) in [7, 11) is 0. The summed E-state index contributed by atoms with van der Waals surface area (Å²) in [6, 6.07) is 10.0. The average Bonchev–Trinajstić information content (AvgIpc) is 2.28. The van der Waals surface area contributed by atoms with Gasteiger partial charge < -0.3 is 10.5 Å². The van der Waals surface area contributed by atoms with E-state index in [0.717, 1.165) is 5.56 Å². The quantitative estimate of drug-likeness (QED) is 0.840. The van der Waals surface area contributed by atoms with Crippen molar-refractivity contribution < 1.29 is 9.13 Å². The highest BCUT2D eigenvalue weighted by molar-refractivity contribution is 9.10. The summed E-state index contributed by atoms with van der Waals surface area (Å²) in [6.07, 6.45) is 0. The van der Waals surface area contributed by atoms with Crippen LogP contribution in [0.25, 0.3) is 0 Å². The molecular formula is C13H11BrFNO. The van der Waals surface area contributed by atoms with Gasteiger partial charge in [0.15, 0.2) is 5.75 Å². The molecule has 2 nitrogen and oxygen atoms in total. The van der Waals surface area contributed by atoms with Crippen molar-refractivity contribution in [2.75, 3.05) is 5.73 Å². The first kappa shape index (κ1) is 11.9. The third-order valence-electron chi connectivity index (χ3n) is 2.35. The topological polar surface area (TPSA) is 35.2 Å². The maximum absolute atomic E-state index is 13.1. The Hall–Kier alpha value is -1.55. The van der Waals surface area contributed by atoms with Gasteiger partial charge in [0.1, 0.15) is 11.6 Å². The lowest BCUT2D eigenvalue weighted by molar-refractivity contribution is 0.478. The van der Waals surface area contributed by atoms with Crippen LogP contribution in [-0.2, 0) is 0 Å². The second-order valence-electron chi connectivity index (χ2n) is 3.67. The normalized spacial score (nSPS) is 10.3. The first-order chi connectivity index (χ1) is 8.08. The number of aryl methyl sites for hydroxylation is 1. The van der Waals surface area contributed by atoms with E-state index in [2.05, 4.69) is 15.9 Å². The number of hydrogen-bond acceptors (Lipinski definition) is 2. The summed E-state index contributed by atoms with van der Waals surface area (Å²) >= 11 is 3.11. The van der Waals surface area contributed by atoms with Crippen LogP contribution in [0, 0.1) is 12.7 Å². The second kappa shape index (κ2) is 4.75. The van der Waals surface area contributed by atoms with Crippen LogP contribution in [0.5, 0.6) is 11.5 Å². The van der Waals surface area contributed by atoms with Crippen molar-refractivity contribution in [1.29, 1.82) is 0 Å². The van der Waals surface area contributed by atoms with Gasteiger partial charge in [0, 0.05) is 0 Å². The van der Waals surface area contributed by atoms with Gasteiger partial charge in [-0.3, -0.25) is 0 Å². The Morgan fingerprint density at radius 1 is 1.24 bits per heavy atom. The predicted octanol–water partition coefficient (Wildman–Crippen LogP) is 4.27. The van der Waals surface area contributed by atoms with Crippen LogP contribution < -0.4 is 10.5 Å². The lowest BCUT2D eigenvalue weighted by Crippen LogP contribution is -1.94. The highest BCUT2D eigenvalue weighted by Crippen LogP contribution is 2.32. The Morgan fingerprint density at radius 2 is 2.00 bits per heavy atom. The minimum absolute atomic E-state index is 0.324. The molecule has 0 amide bonds. The Bertz CT molecular complexity index is 537. The molecule has 0 fully saturated rings. The number of benzene rings is 2. The van der Waals surface area contributed by atoms with Gasteiger partial charge in [-0.05, 0) is 52.7 Å². The zero-order chi connectivity index (χ0) is 12.4. The van der Waals surface area contributed by atoms with Crippen LogP contribution in [0.3, 0.4) is 0 Å². The van der Waals surface area contributed by atoms with E-state index < -0.39 is 0 Å². The Balaban J connectivity index is 2.35. The van der Waals surface area contributed by atoms with Crippen LogP contribution in [-0.4, -0.2) is 0 Å². The van der Waals surface area contributed by atoms with Gasteiger partial charge in [0.25, 0.3) is 0 Å². The first-order valence-electron chi connectivity index (χ1n) is 5.06. The van der Waals surface area contributed by atoms with E-state index in [1.165, 1.54) is 6.07 Å². The number of rotatable bonds is 2. The fourth-order valence-electron chi connectivity index (χ4n) is 1.47.